The van der Waals surface area contributed by atoms with Crippen LogP contribution in [0.15, 0.2) is 0 Å². The van der Waals surface area contributed by atoms with Crippen molar-refractivity contribution in [3.8, 4) is 0 Å². The van der Waals surface area contributed by atoms with Crippen molar-refractivity contribution in [3.05, 3.63) is 45.7 Å². The maximum atomic E-state index is 6.71. The average Bonchev–Trinajstić information content (AvgIpc) is 2.06. The summed E-state index contributed by atoms with van der Waals surface area (Å²) in [4.78, 5) is 12.7. The first-order chi connectivity index (χ1) is 6.24. The molecule has 0 amide bonds. The van der Waals surface area contributed by atoms with Crippen LogP contribution in [0.5, 0.6) is 0 Å². The van der Waals surface area contributed by atoms with Crippen molar-refractivity contribution in [1.82, 2.24) is 0 Å². The highest BCUT2D eigenvalue weighted by Crippen LogP contribution is 2.20. The summed E-state index contributed by atoms with van der Waals surface area (Å²) < 4.78 is 0. The lowest BCUT2D eigenvalue weighted by Gasteiger charge is -2.09. The molecule has 0 fully saturated rings. The summed E-state index contributed by atoms with van der Waals surface area (Å²) in [5.74, 6) is 0. The van der Waals surface area contributed by atoms with Crippen LogP contribution < -0.4 is 0 Å². The van der Waals surface area contributed by atoms with Crippen LogP contribution in [0.4, 0.5) is 0 Å². The van der Waals surface area contributed by atoms with Crippen molar-refractivity contribution in [2.24, 2.45) is 5.41 Å². The molecule has 0 radical (unpaired) electrons. The fourth-order valence-corrected chi connectivity index (χ4v) is 0.971. The summed E-state index contributed by atoms with van der Waals surface area (Å²) in [6.45, 7) is 27.2. The number of rotatable bonds is 4. The van der Waals surface area contributed by atoms with Crippen molar-refractivity contribution in [2.45, 2.75) is 0 Å². The van der Waals surface area contributed by atoms with Crippen molar-refractivity contribution < 1.29 is 0 Å². The zero-order valence-corrected chi connectivity index (χ0v) is 7.12. The molecule has 0 N–H and O–H groups in total. The molecular weight excluding hydrogens is 164 g/mol. The van der Waals surface area contributed by atoms with Gasteiger partial charge in [0.1, 0.15) is 0 Å². The predicted molar refractivity (Wildman–Crippen MR) is 48.3 cm³/mol. The van der Waals surface area contributed by atoms with E-state index in [1.165, 1.54) is 0 Å². The van der Waals surface area contributed by atoms with Gasteiger partial charge in [0.25, 0.3) is 5.41 Å². The molecular formula is C9H8N4. The first-order valence-electron chi connectivity index (χ1n) is 3.57. The van der Waals surface area contributed by atoms with Crippen LogP contribution in [0, 0.1) is 31.7 Å². The normalized spacial score (nSPS) is 8.92. The van der Waals surface area contributed by atoms with Gasteiger partial charge in [0, 0.05) is 0 Å². The highest BCUT2D eigenvalue weighted by Gasteiger charge is 2.45. The van der Waals surface area contributed by atoms with E-state index in [0.717, 1.165) is 0 Å². The number of hydrogen-bond acceptors (Lipinski definition) is 0. The summed E-state index contributed by atoms with van der Waals surface area (Å²) in [5.41, 5.74) is -0.715. The Bertz CT molecular complexity index is 248. The standard InChI is InChI=1S/C9H8N4/c1-10-5-9(6-11-2,7-12-3)8-13-4/h5-8H2. The molecule has 0 spiro atoms. The van der Waals surface area contributed by atoms with Crippen molar-refractivity contribution in [2.75, 3.05) is 26.2 Å². The van der Waals surface area contributed by atoms with E-state index in [9.17, 15) is 0 Å². The van der Waals surface area contributed by atoms with Crippen LogP contribution in [0.1, 0.15) is 0 Å². The summed E-state index contributed by atoms with van der Waals surface area (Å²) >= 11 is 0. The fourth-order valence-electron chi connectivity index (χ4n) is 0.971. The largest absolute Gasteiger partial charge is 0.315 e. The quantitative estimate of drug-likeness (QED) is 0.574. The Kier molecular flexibility index (Phi) is 4.71. The molecule has 0 aliphatic heterocycles. The zero-order valence-electron chi connectivity index (χ0n) is 7.12. The van der Waals surface area contributed by atoms with Gasteiger partial charge >= 0.3 is 0 Å². The molecule has 0 unspecified atom stereocenters. The Morgan fingerprint density at radius 3 is 1.00 bits per heavy atom. The highest BCUT2D eigenvalue weighted by molar-refractivity contribution is 5.01. The third-order valence-electron chi connectivity index (χ3n) is 1.66. The van der Waals surface area contributed by atoms with Gasteiger partial charge in [-0.3, -0.25) is 0 Å². The predicted octanol–water partition coefficient (Wildman–Crippen LogP) is 1.65. The second kappa shape index (κ2) is 5.59. The van der Waals surface area contributed by atoms with Gasteiger partial charge in [0.05, 0.1) is 0 Å². The molecule has 0 aliphatic rings. The van der Waals surface area contributed by atoms with E-state index in [2.05, 4.69) is 19.4 Å². The topological polar surface area (TPSA) is 17.4 Å². The first-order valence-corrected chi connectivity index (χ1v) is 3.57. The molecule has 0 saturated heterocycles. The first kappa shape index (κ1) is 11.0. The van der Waals surface area contributed by atoms with E-state index in [0.29, 0.717) is 0 Å². The smallest absolute Gasteiger partial charge is 0.256 e. The second-order valence-corrected chi connectivity index (χ2v) is 2.76. The lowest BCUT2D eigenvalue weighted by atomic mass is 9.88. The Hall–Kier alpha value is -2.04. The van der Waals surface area contributed by atoms with Crippen LogP contribution in [-0.2, 0) is 0 Å². The van der Waals surface area contributed by atoms with Crippen molar-refractivity contribution in [3.63, 3.8) is 0 Å². The van der Waals surface area contributed by atoms with Gasteiger partial charge in [0.15, 0.2) is 0 Å². The molecule has 4 heteroatoms. The molecule has 0 aliphatic carbocycles. The molecule has 13 heavy (non-hydrogen) atoms. The van der Waals surface area contributed by atoms with E-state index in [4.69, 9.17) is 26.3 Å². The van der Waals surface area contributed by atoms with Gasteiger partial charge in [-0.2, -0.15) is 0 Å². The van der Waals surface area contributed by atoms with E-state index in [1.54, 1.807) is 0 Å². The van der Waals surface area contributed by atoms with Crippen LogP contribution in [0.25, 0.3) is 19.4 Å². The van der Waals surface area contributed by atoms with Crippen LogP contribution >= 0.6 is 0 Å². The van der Waals surface area contributed by atoms with Crippen LogP contribution in [0.2, 0.25) is 0 Å². The number of nitrogens with zero attached hydrogens (tertiary/aromatic N) is 4. The Balaban J connectivity index is 4.66. The maximum absolute atomic E-state index is 6.71. The van der Waals surface area contributed by atoms with Crippen LogP contribution in [0.3, 0.4) is 0 Å². The van der Waals surface area contributed by atoms with E-state index >= 15 is 0 Å². The molecule has 0 bridgehead atoms. The van der Waals surface area contributed by atoms with E-state index in [1.807, 2.05) is 0 Å². The minimum absolute atomic E-state index is 0.0974. The summed E-state index contributed by atoms with van der Waals surface area (Å²) in [6, 6.07) is 0. The summed E-state index contributed by atoms with van der Waals surface area (Å²) in [5, 5.41) is 0. The van der Waals surface area contributed by atoms with Gasteiger partial charge in [-0.25, -0.2) is 26.3 Å². The van der Waals surface area contributed by atoms with E-state index in [-0.39, 0.29) is 26.2 Å². The Labute approximate surface area is 78.1 Å². The monoisotopic (exact) mass is 172 g/mol. The third kappa shape index (κ3) is 3.24. The molecule has 64 valence electrons. The van der Waals surface area contributed by atoms with Gasteiger partial charge < -0.3 is 19.4 Å². The fraction of sp³-hybridized carbons (Fsp3) is 0.556. The molecule has 0 aromatic carbocycles. The lowest BCUT2D eigenvalue weighted by molar-refractivity contribution is 0.417. The van der Waals surface area contributed by atoms with Gasteiger partial charge in [-0.05, 0) is 0 Å². The second-order valence-electron chi connectivity index (χ2n) is 2.76. The molecule has 0 aromatic rings. The molecule has 0 atom stereocenters. The highest BCUT2D eigenvalue weighted by atomic mass is 14.8. The maximum Gasteiger partial charge on any atom is 0.256 e. The van der Waals surface area contributed by atoms with Crippen molar-refractivity contribution >= 4 is 0 Å². The molecule has 0 heterocycles. The lowest BCUT2D eigenvalue weighted by Crippen LogP contribution is -2.33. The zero-order chi connectivity index (χ0) is 10.2. The molecule has 0 aromatic heterocycles. The molecule has 0 rings (SSSR count). The summed E-state index contributed by atoms with van der Waals surface area (Å²) in [6.07, 6.45) is 0. The average molecular weight is 172 g/mol. The minimum atomic E-state index is -0.715. The van der Waals surface area contributed by atoms with Crippen molar-refractivity contribution in [1.29, 1.82) is 0 Å². The Morgan fingerprint density at radius 2 is 0.846 bits per heavy atom. The third-order valence-corrected chi connectivity index (χ3v) is 1.66. The summed E-state index contributed by atoms with van der Waals surface area (Å²) in [7, 11) is 0. The van der Waals surface area contributed by atoms with E-state index < -0.39 is 5.41 Å². The molecule has 0 saturated carbocycles. The van der Waals surface area contributed by atoms with Crippen LogP contribution in [-0.4, -0.2) is 26.2 Å². The Morgan fingerprint density at radius 1 is 0.615 bits per heavy atom. The van der Waals surface area contributed by atoms with Gasteiger partial charge in [-0.1, -0.05) is 0 Å². The van der Waals surface area contributed by atoms with Gasteiger partial charge in [0.2, 0.25) is 26.2 Å². The van der Waals surface area contributed by atoms with Gasteiger partial charge in [-0.15, -0.1) is 0 Å². The molecule has 4 nitrogen and oxygen atoms in total. The number of hydrogen-bond donors (Lipinski definition) is 0. The minimum Gasteiger partial charge on any atom is -0.315 e. The SMILES string of the molecule is [C-]#[N+]CC(C[N+]#[C-])(C[N+]#[C-])C[N+]#[C-].